The number of hydrogen-bond acceptors (Lipinski definition) is 5. The maximum atomic E-state index is 11.5. The van der Waals surface area contributed by atoms with Crippen LogP contribution in [0, 0.1) is 0 Å². The molecule has 0 saturated carbocycles. The highest BCUT2D eigenvalue weighted by Crippen LogP contribution is 2.32. The molecule has 0 atom stereocenters. The van der Waals surface area contributed by atoms with Gasteiger partial charge in [0.15, 0.2) is 6.29 Å². The molecule has 2 aromatic heterocycles. The highest BCUT2D eigenvalue weighted by atomic mass is 32.1. The van der Waals surface area contributed by atoms with Gasteiger partial charge in [0, 0.05) is 12.0 Å². The fourth-order valence-electron chi connectivity index (χ4n) is 2.26. The molecule has 5 nitrogen and oxygen atoms in total. The summed E-state index contributed by atoms with van der Waals surface area (Å²) in [7, 11) is 1.61. The number of ether oxygens (including phenoxy) is 1. The molecule has 0 aliphatic heterocycles. The number of carbonyl (C=O) groups is 1. The van der Waals surface area contributed by atoms with Crippen LogP contribution in [0.5, 0.6) is 5.75 Å². The minimum atomic E-state index is 0.466. The van der Waals surface area contributed by atoms with Crippen LogP contribution in [0.25, 0.3) is 16.2 Å². The van der Waals surface area contributed by atoms with E-state index in [1.54, 1.807) is 11.6 Å². The fourth-order valence-corrected chi connectivity index (χ4v) is 3.26. The van der Waals surface area contributed by atoms with Crippen LogP contribution < -0.4 is 4.74 Å². The van der Waals surface area contributed by atoms with Crippen LogP contribution in [-0.4, -0.2) is 28.0 Å². The van der Waals surface area contributed by atoms with Gasteiger partial charge in [0.25, 0.3) is 0 Å². The second kappa shape index (κ2) is 5.65. The standard InChI is InChI=1S/C15H15N3O2S/c1-3-6-13-17-18-11(9-19)14(16-15(18)21-13)10-7-4-5-8-12(10)20-2/h4-5,7-9H,3,6H2,1-2H3. The average molecular weight is 301 g/mol. The van der Waals surface area contributed by atoms with E-state index in [0.29, 0.717) is 17.1 Å². The predicted molar refractivity (Wildman–Crippen MR) is 82.2 cm³/mol. The van der Waals surface area contributed by atoms with Crippen LogP contribution in [0.4, 0.5) is 0 Å². The molecule has 0 spiro atoms. The van der Waals surface area contributed by atoms with Crippen molar-refractivity contribution in [3.8, 4) is 17.0 Å². The van der Waals surface area contributed by atoms with E-state index in [1.807, 2.05) is 24.3 Å². The molecule has 3 rings (SSSR count). The summed E-state index contributed by atoms with van der Waals surface area (Å²) in [6.07, 6.45) is 2.72. The molecule has 0 fully saturated rings. The number of imidazole rings is 1. The fraction of sp³-hybridized carbons (Fsp3) is 0.267. The van der Waals surface area contributed by atoms with E-state index < -0.39 is 0 Å². The lowest BCUT2D eigenvalue weighted by molar-refractivity contribution is 0.111. The lowest BCUT2D eigenvalue weighted by Crippen LogP contribution is -1.96. The van der Waals surface area contributed by atoms with Gasteiger partial charge < -0.3 is 4.74 Å². The van der Waals surface area contributed by atoms with Crippen molar-refractivity contribution < 1.29 is 9.53 Å². The Morgan fingerprint density at radius 3 is 2.90 bits per heavy atom. The Labute approximate surface area is 126 Å². The maximum Gasteiger partial charge on any atom is 0.213 e. The molecule has 0 radical (unpaired) electrons. The molecule has 1 aromatic carbocycles. The van der Waals surface area contributed by atoms with Crippen LogP contribution in [0.2, 0.25) is 0 Å². The highest BCUT2D eigenvalue weighted by molar-refractivity contribution is 7.16. The van der Waals surface area contributed by atoms with E-state index in [1.165, 1.54) is 11.3 Å². The Morgan fingerprint density at radius 2 is 2.19 bits per heavy atom. The van der Waals surface area contributed by atoms with E-state index in [2.05, 4.69) is 17.0 Å². The Bertz CT molecular complexity index is 791. The van der Waals surface area contributed by atoms with Crippen molar-refractivity contribution in [2.24, 2.45) is 0 Å². The molecule has 0 aliphatic rings. The van der Waals surface area contributed by atoms with Gasteiger partial charge in [0.1, 0.15) is 22.1 Å². The number of fused-ring (bicyclic) bond motifs is 1. The molecule has 0 unspecified atom stereocenters. The van der Waals surface area contributed by atoms with Crippen LogP contribution in [0.15, 0.2) is 24.3 Å². The number of aldehydes is 1. The van der Waals surface area contributed by atoms with Gasteiger partial charge >= 0.3 is 0 Å². The molecule has 3 aromatic rings. The Kier molecular flexibility index (Phi) is 3.70. The second-order valence-electron chi connectivity index (χ2n) is 4.60. The molecule has 0 aliphatic carbocycles. The topological polar surface area (TPSA) is 56.5 Å². The summed E-state index contributed by atoms with van der Waals surface area (Å²) in [5, 5.41) is 5.47. The number of methoxy groups -OCH3 is 1. The van der Waals surface area contributed by atoms with Crippen molar-refractivity contribution in [1.82, 2.24) is 14.6 Å². The van der Waals surface area contributed by atoms with Crippen LogP contribution in [-0.2, 0) is 6.42 Å². The zero-order valence-corrected chi connectivity index (χ0v) is 12.7. The van der Waals surface area contributed by atoms with E-state index >= 15 is 0 Å². The molecule has 2 heterocycles. The summed E-state index contributed by atoms with van der Waals surface area (Å²) in [5.41, 5.74) is 1.88. The van der Waals surface area contributed by atoms with Crippen LogP contribution in [0.1, 0.15) is 28.8 Å². The Hall–Kier alpha value is -2.21. The minimum Gasteiger partial charge on any atom is -0.496 e. The van der Waals surface area contributed by atoms with Gasteiger partial charge in [0.05, 0.1) is 7.11 Å². The summed E-state index contributed by atoms with van der Waals surface area (Å²) < 4.78 is 6.98. The molecular weight excluding hydrogens is 286 g/mol. The lowest BCUT2D eigenvalue weighted by atomic mass is 10.1. The number of rotatable bonds is 5. The molecule has 0 N–H and O–H groups in total. The highest BCUT2D eigenvalue weighted by Gasteiger charge is 2.19. The molecule has 0 bridgehead atoms. The van der Waals surface area contributed by atoms with Crippen LogP contribution >= 0.6 is 11.3 Å². The predicted octanol–water partition coefficient (Wildman–Crippen LogP) is 3.23. The molecule has 0 saturated heterocycles. The zero-order valence-electron chi connectivity index (χ0n) is 11.9. The molecule has 108 valence electrons. The van der Waals surface area contributed by atoms with Gasteiger partial charge in [0.2, 0.25) is 4.96 Å². The average Bonchev–Trinajstić information content (AvgIpc) is 3.04. The maximum absolute atomic E-state index is 11.5. The number of nitrogens with zero attached hydrogens (tertiary/aromatic N) is 3. The first kappa shape index (κ1) is 13.8. The minimum absolute atomic E-state index is 0.466. The van der Waals surface area contributed by atoms with Crippen molar-refractivity contribution in [3.05, 3.63) is 35.0 Å². The summed E-state index contributed by atoms with van der Waals surface area (Å²) in [4.78, 5) is 16.8. The normalized spacial score (nSPS) is 11.0. The van der Waals surface area contributed by atoms with E-state index in [-0.39, 0.29) is 0 Å². The van der Waals surface area contributed by atoms with Crippen molar-refractivity contribution >= 4 is 22.6 Å². The van der Waals surface area contributed by atoms with Crippen molar-refractivity contribution in [2.45, 2.75) is 19.8 Å². The molecule has 0 amide bonds. The smallest absolute Gasteiger partial charge is 0.213 e. The molecule has 6 heteroatoms. The molecular formula is C15H15N3O2S. The quantitative estimate of drug-likeness (QED) is 0.679. The summed E-state index contributed by atoms with van der Waals surface area (Å²) in [6, 6.07) is 7.54. The Balaban J connectivity index is 2.19. The summed E-state index contributed by atoms with van der Waals surface area (Å²) in [5.74, 6) is 0.695. The van der Waals surface area contributed by atoms with Gasteiger partial charge in [-0.15, -0.1) is 0 Å². The third kappa shape index (κ3) is 2.31. The first-order chi connectivity index (χ1) is 10.3. The second-order valence-corrected chi connectivity index (χ2v) is 5.64. The van der Waals surface area contributed by atoms with Crippen molar-refractivity contribution in [1.29, 1.82) is 0 Å². The van der Waals surface area contributed by atoms with Crippen molar-refractivity contribution in [2.75, 3.05) is 7.11 Å². The first-order valence-electron chi connectivity index (χ1n) is 6.75. The summed E-state index contributed by atoms with van der Waals surface area (Å²) >= 11 is 1.52. The third-order valence-electron chi connectivity index (χ3n) is 3.22. The van der Waals surface area contributed by atoms with Gasteiger partial charge in [-0.25, -0.2) is 4.98 Å². The van der Waals surface area contributed by atoms with Gasteiger partial charge in [-0.1, -0.05) is 30.4 Å². The van der Waals surface area contributed by atoms with Gasteiger partial charge in [-0.05, 0) is 18.6 Å². The van der Waals surface area contributed by atoms with Gasteiger partial charge in [-0.3, -0.25) is 4.79 Å². The van der Waals surface area contributed by atoms with E-state index in [4.69, 9.17) is 4.74 Å². The first-order valence-corrected chi connectivity index (χ1v) is 7.57. The number of carbonyl (C=O) groups excluding carboxylic acids is 1. The third-order valence-corrected chi connectivity index (χ3v) is 4.19. The lowest BCUT2D eigenvalue weighted by Gasteiger charge is -2.05. The van der Waals surface area contributed by atoms with E-state index in [0.717, 1.165) is 34.7 Å². The largest absolute Gasteiger partial charge is 0.496 e. The summed E-state index contributed by atoms with van der Waals surface area (Å²) in [6.45, 7) is 2.10. The zero-order chi connectivity index (χ0) is 14.8. The number of hydrogen-bond donors (Lipinski definition) is 0. The SMILES string of the molecule is CCCc1nn2c(C=O)c(-c3ccccc3OC)nc2s1. The number of aryl methyl sites for hydroxylation is 1. The van der Waals surface area contributed by atoms with E-state index in [9.17, 15) is 4.79 Å². The molecule has 21 heavy (non-hydrogen) atoms. The number of para-hydroxylation sites is 1. The number of benzene rings is 1. The monoisotopic (exact) mass is 301 g/mol. The number of aromatic nitrogens is 3. The Morgan fingerprint density at radius 1 is 1.38 bits per heavy atom. The van der Waals surface area contributed by atoms with Gasteiger partial charge in [-0.2, -0.15) is 9.61 Å². The van der Waals surface area contributed by atoms with Crippen molar-refractivity contribution in [3.63, 3.8) is 0 Å². The van der Waals surface area contributed by atoms with Crippen LogP contribution in [0.3, 0.4) is 0 Å².